The Labute approximate surface area is 186 Å². The molecular weight excluding hydrogens is 464 g/mol. The van der Waals surface area contributed by atoms with Crippen molar-refractivity contribution in [3.05, 3.63) is 56.5 Å². The molecule has 28 heavy (non-hydrogen) atoms. The summed E-state index contributed by atoms with van der Waals surface area (Å²) in [6.45, 7) is 0. The molecule has 1 aliphatic rings. The second-order valence-corrected chi connectivity index (χ2v) is 8.85. The second-order valence-electron chi connectivity index (χ2n) is 5.93. The lowest BCUT2D eigenvalue weighted by molar-refractivity contribution is -0.128. The van der Waals surface area contributed by atoms with Crippen LogP contribution in [0, 0.1) is 0 Å². The van der Waals surface area contributed by atoms with E-state index in [0.717, 1.165) is 0 Å². The predicted octanol–water partition coefficient (Wildman–Crippen LogP) is 5.89. The number of aliphatic imine (C=N–C) groups is 1. The van der Waals surface area contributed by atoms with Crippen molar-refractivity contribution in [3.63, 3.8) is 0 Å². The summed E-state index contributed by atoms with van der Waals surface area (Å²) in [5.74, 6) is -0.573. The topological polar surface area (TPSA) is 61.8 Å². The van der Waals surface area contributed by atoms with E-state index in [1.54, 1.807) is 43.4 Å². The Balaban J connectivity index is 1.82. The van der Waals surface area contributed by atoms with E-state index >= 15 is 0 Å². The molecule has 1 fully saturated rings. The third kappa shape index (κ3) is 5.33. The van der Waals surface area contributed by atoms with Gasteiger partial charge in [-0.05, 0) is 36.4 Å². The van der Waals surface area contributed by atoms with E-state index in [9.17, 15) is 9.59 Å². The molecule has 0 aromatic heterocycles. The van der Waals surface area contributed by atoms with Gasteiger partial charge in [-0.3, -0.25) is 14.5 Å². The molecule has 146 valence electrons. The number of thioether (sulfide) groups is 1. The molecule has 2 amide bonds. The van der Waals surface area contributed by atoms with Gasteiger partial charge in [0.05, 0.1) is 5.69 Å². The maximum absolute atomic E-state index is 12.7. The zero-order valence-corrected chi connectivity index (χ0v) is 18.2. The van der Waals surface area contributed by atoms with Gasteiger partial charge in [-0.25, -0.2) is 4.99 Å². The van der Waals surface area contributed by atoms with E-state index < -0.39 is 5.25 Å². The standard InChI is InChI=1S/C18H13Cl4N3O2S/c1-25-16(26)8-15(17(27)23-13-4-9(19)2-10(20)5-13)28-18(25)24-14-6-11(21)3-12(22)7-14/h2-7,15H,8H2,1H3,(H,23,27). The van der Waals surface area contributed by atoms with Gasteiger partial charge in [-0.2, -0.15) is 0 Å². The number of carbonyl (C=O) groups is 2. The van der Waals surface area contributed by atoms with Gasteiger partial charge in [0.25, 0.3) is 0 Å². The second kappa shape index (κ2) is 8.93. The van der Waals surface area contributed by atoms with Crippen molar-refractivity contribution in [2.75, 3.05) is 12.4 Å². The highest BCUT2D eigenvalue weighted by molar-refractivity contribution is 8.15. The Bertz CT molecular complexity index is 943. The summed E-state index contributed by atoms with van der Waals surface area (Å²) < 4.78 is 0. The van der Waals surface area contributed by atoms with Crippen LogP contribution in [0.5, 0.6) is 0 Å². The van der Waals surface area contributed by atoms with E-state index in [0.29, 0.717) is 36.6 Å². The van der Waals surface area contributed by atoms with E-state index in [-0.39, 0.29) is 18.2 Å². The molecule has 1 unspecified atom stereocenters. The number of hydrogen-bond acceptors (Lipinski definition) is 4. The number of rotatable bonds is 3. The number of nitrogens with one attached hydrogen (secondary N) is 1. The van der Waals surface area contributed by atoms with Crippen molar-refractivity contribution in [1.82, 2.24) is 4.90 Å². The number of benzene rings is 2. The number of amides is 2. The van der Waals surface area contributed by atoms with Gasteiger partial charge in [0.1, 0.15) is 5.25 Å². The quantitative estimate of drug-likeness (QED) is 0.600. The van der Waals surface area contributed by atoms with Gasteiger partial charge < -0.3 is 5.32 Å². The summed E-state index contributed by atoms with van der Waals surface area (Å²) in [7, 11) is 1.60. The molecule has 1 N–H and O–H groups in total. The summed E-state index contributed by atoms with van der Waals surface area (Å²) in [6, 6.07) is 9.55. The molecule has 0 spiro atoms. The van der Waals surface area contributed by atoms with E-state index in [2.05, 4.69) is 10.3 Å². The van der Waals surface area contributed by atoms with Crippen molar-refractivity contribution < 1.29 is 9.59 Å². The van der Waals surface area contributed by atoms with Gasteiger partial charge in [0.15, 0.2) is 5.17 Å². The van der Waals surface area contributed by atoms with E-state index in [4.69, 9.17) is 46.4 Å². The van der Waals surface area contributed by atoms with Crippen LogP contribution < -0.4 is 5.32 Å². The molecule has 1 aliphatic heterocycles. The maximum atomic E-state index is 12.7. The summed E-state index contributed by atoms with van der Waals surface area (Å²) in [6.07, 6.45) is 0.0383. The Kier molecular flexibility index (Phi) is 6.78. The number of anilines is 1. The largest absolute Gasteiger partial charge is 0.325 e. The molecule has 0 radical (unpaired) electrons. The van der Waals surface area contributed by atoms with Crippen molar-refractivity contribution >= 4 is 86.5 Å². The Hall–Kier alpha value is -1.44. The van der Waals surface area contributed by atoms with Gasteiger partial charge >= 0.3 is 0 Å². The molecule has 2 aromatic carbocycles. The van der Waals surface area contributed by atoms with Crippen LogP contribution >= 0.6 is 58.2 Å². The summed E-state index contributed by atoms with van der Waals surface area (Å²) in [4.78, 5) is 30.9. The first kappa shape index (κ1) is 21.3. The molecule has 1 atom stereocenters. The van der Waals surface area contributed by atoms with Crippen molar-refractivity contribution in [3.8, 4) is 0 Å². The molecule has 5 nitrogen and oxygen atoms in total. The lowest BCUT2D eigenvalue weighted by Crippen LogP contribution is -2.43. The van der Waals surface area contributed by atoms with Crippen LogP contribution in [-0.4, -0.2) is 34.2 Å². The SMILES string of the molecule is CN1C(=O)CC(C(=O)Nc2cc(Cl)cc(Cl)c2)SC1=Nc1cc(Cl)cc(Cl)c1. The highest BCUT2D eigenvalue weighted by atomic mass is 35.5. The molecule has 2 aromatic rings. The molecule has 1 saturated heterocycles. The van der Waals surface area contributed by atoms with Crippen molar-refractivity contribution in [1.29, 1.82) is 0 Å². The highest BCUT2D eigenvalue weighted by Crippen LogP contribution is 2.31. The zero-order valence-electron chi connectivity index (χ0n) is 14.4. The zero-order chi connectivity index (χ0) is 20.4. The third-order valence-electron chi connectivity index (χ3n) is 3.76. The first-order chi connectivity index (χ1) is 13.2. The average Bonchev–Trinajstić information content (AvgIpc) is 2.56. The molecular formula is C18H13Cl4N3O2S. The lowest BCUT2D eigenvalue weighted by atomic mass is 10.2. The summed E-state index contributed by atoms with van der Waals surface area (Å²) in [5, 5.41) is 4.10. The Morgan fingerprint density at radius 3 is 2.14 bits per heavy atom. The van der Waals surface area contributed by atoms with Crippen LogP contribution in [-0.2, 0) is 9.59 Å². The smallest absolute Gasteiger partial charge is 0.238 e. The number of halogens is 4. The minimum atomic E-state index is -0.658. The fourth-order valence-corrected chi connectivity index (χ4v) is 4.57. The highest BCUT2D eigenvalue weighted by Gasteiger charge is 2.34. The molecule has 10 heteroatoms. The minimum Gasteiger partial charge on any atom is -0.325 e. The van der Waals surface area contributed by atoms with Gasteiger partial charge in [0.2, 0.25) is 11.8 Å². The molecule has 1 heterocycles. The van der Waals surface area contributed by atoms with Crippen LogP contribution in [0.25, 0.3) is 0 Å². The number of carbonyl (C=O) groups excluding carboxylic acids is 2. The third-order valence-corrected chi connectivity index (χ3v) is 5.88. The number of hydrogen-bond donors (Lipinski definition) is 1. The van der Waals surface area contributed by atoms with Gasteiger partial charge in [0, 0.05) is 39.2 Å². The maximum Gasteiger partial charge on any atom is 0.238 e. The fraction of sp³-hybridized carbons (Fsp3) is 0.167. The van der Waals surface area contributed by atoms with Crippen LogP contribution in [0.3, 0.4) is 0 Å². The Morgan fingerprint density at radius 2 is 1.57 bits per heavy atom. The lowest BCUT2D eigenvalue weighted by Gasteiger charge is -2.28. The molecule has 0 bridgehead atoms. The van der Waals surface area contributed by atoms with Gasteiger partial charge in [-0.15, -0.1) is 0 Å². The van der Waals surface area contributed by atoms with E-state index in [1.807, 2.05) is 0 Å². The van der Waals surface area contributed by atoms with Crippen LogP contribution in [0.15, 0.2) is 41.4 Å². The van der Waals surface area contributed by atoms with Crippen LogP contribution in [0.1, 0.15) is 6.42 Å². The summed E-state index contributed by atoms with van der Waals surface area (Å²) in [5.41, 5.74) is 0.942. The molecule has 3 rings (SSSR count). The molecule has 0 aliphatic carbocycles. The predicted molar refractivity (Wildman–Crippen MR) is 117 cm³/mol. The normalized spacial score (nSPS) is 18.5. The monoisotopic (exact) mass is 475 g/mol. The fourth-order valence-electron chi connectivity index (χ4n) is 2.46. The number of nitrogens with zero attached hydrogens (tertiary/aromatic N) is 2. The first-order valence-electron chi connectivity index (χ1n) is 7.96. The average molecular weight is 477 g/mol. The van der Waals surface area contributed by atoms with Gasteiger partial charge in [-0.1, -0.05) is 58.2 Å². The summed E-state index contributed by atoms with van der Waals surface area (Å²) >= 11 is 25.1. The van der Waals surface area contributed by atoms with Crippen LogP contribution in [0.2, 0.25) is 20.1 Å². The first-order valence-corrected chi connectivity index (χ1v) is 10.4. The van der Waals surface area contributed by atoms with Crippen LogP contribution in [0.4, 0.5) is 11.4 Å². The minimum absolute atomic E-state index is 0.0383. The van der Waals surface area contributed by atoms with Crippen molar-refractivity contribution in [2.45, 2.75) is 11.7 Å². The van der Waals surface area contributed by atoms with E-state index in [1.165, 1.54) is 16.7 Å². The number of amidine groups is 1. The Morgan fingerprint density at radius 1 is 1.04 bits per heavy atom. The van der Waals surface area contributed by atoms with Crippen molar-refractivity contribution in [2.24, 2.45) is 4.99 Å². The molecule has 0 saturated carbocycles.